The van der Waals surface area contributed by atoms with Gasteiger partial charge in [0.25, 0.3) is 0 Å². The van der Waals surface area contributed by atoms with Gasteiger partial charge in [-0.15, -0.1) is 0 Å². The van der Waals surface area contributed by atoms with E-state index < -0.39 is 5.82 Å². The Balaban J connectivity index is 2.10. The Morgan fingerprint density at radius 1 is 1.19 bits per heavy atom. The number of hydrogen-bond acceptors (Lipinski definition) is 2. The zero-order valence-corrected chi connectivity index (χ0v) is 12.5. The first-order valence-corrected chi connectivity index (χ1v) is 6.93. The molecule has 0 saturated carbocycles. The van der Waals surface area contributed by atoms with E-state index in [0.717, 1.165) is 0 Å². The van der Waals surface area contributed by atoms with Crippen molar-refractivity contribution in [2.75, 3.05) is 7.05 Å². The third-order valence-corrected chi connectivity index (χ3v) is 3.72. The smallest absolute Gasteiger partial charge is 0.142 e. The van der Waals surface area contributed by atoms with Gasteiger partial charge in [0.05, 0.1) is 5.02 Å². The van der Waals surface area contributed by atoms with Gasteiger partial charge in [-0.05, 0) is 26.1 Å². The van der Waals surface area contributed by atoms with Crippen molar-refractivity contribution in [3.05, 3.63) is 64.2 Å². The number of ether oxygens (including phenoxy) is 1. The van der Waals surface area contributed by atoms with Crippen molar-refractivity contribution < 1.29 is 13.5 Å². The van der Waals surface area contributed by atoms with E-state index in [2.05, 4.69) is 5.32 Å². The molecule has 0 aliphatic heterocycles. The van der Waals surface area contributed by atoms with Crippen molar-refractivity contribution in [1.82, 2.24) is 5.32 Å². The van der Waals surface area contributed by atoms with Gasteiger partial charge in [0.15, 0.2) is 0 Å². The van der Waals surface area contributed by atoms with Crippen molar-refractivity contribution in [3.8, 4) is 5.75 Å². The summed E-state index contributed by atoms with van der Waals surface area (Å²) in [6, 6.07) is 9.07. The fourth-order valence-electron chi connectivity index (χ4n) is 1.93. The molecule has 112 valence electrons. The number of nitrogens with one attached hydrogen (secondary N) is 1. The van der Waals surface area contributed by atoms with E-state index in [1.54, 1.807) is 31.3 Å². The standard InChI is InChI=1S/C16H16ClF2NO/c1-10(20-2)13-7-6-12(8-15(13)19)21-9-11-4-3-5-14(18)16(11)17/h3-8,10,20H,9H2,1-2H3. The van der Waals surface area contributed by atoms with E-state index in [1.807, 2.05) is 6.92 Å². The molecule has 2 rings (SSSR count). The summed E-state index contributed by atoms with van der Waals surface area (Å²) >= 11 is 5.84. The third kappa shape index (κ3) is 3.71. The second kappa shape index (κ2) is 6.87. The lowest BCUT2D eigenvalue weighted by molar-refractivity contribution is 0.303. The number of halogens is 3. The Labute approximate surface area is 127 Å². The Kier molecular flexibility index (Phi) is 5.15. The van der Waals surface area contributed by atoms with Crippen LogP contribution in [0.25, 0.3) is 0 Å². The molecule has 0 aliphatic carbocycles. The molecule has 2 nitrogen and oxygen atoms in total. The summed E-state index contributed by atoms with van der Waals surface area (Å²) in [5.74, 6) is -0.471. The molecule has 0 aromatic heterocycles. The van der Waals surface area contributed by atoms with Crippen molar-refractivity contribution in [1.29, 1.82) is 0 Å². The van der Waals surface area contributed by atoms with Crippen LogP contribution in [0.1, 0.15) is 24.1 Å². The maximum Gasteiger partial charge on any atom is 0.142 e. The predicted molar refractivity (Wildman–Crippen MR) is 79.6 cm³/mol. The molecule has 21 heavy (non-hydrogen) atoms. The van der Waals surface area contributed by atoms with E-state index in [4.69, 9.17) is 16.3 Å². The van der Waals surface area contributed by atoms with Crippen molar-refractivity contribution in [2.45, 2.75) is 19.6 Å². The van der Waals surface area contributed by atoms with Crippen LogP contribution < -0.4 is 10.1 Å². The predicted octanol–water partition coefficient (Wildman–Crippen LogP) is 4.48. The van der Waals surface area contributed by atoms with Gasteiger partial charge in [-0.25, -0.2) is 8.78 Å². The van der Waals surface area contributed by atoms with E-state index >= 15 is 0 Å². The fourth-order valence-corrected chi connectivity index (χ4v) is 2.11. The van der Waals surface area contributed by atoms with Gasteiger partial charge < -0.3 is 10.1 Å². The molecule has 0 amide bonds. The van der Waals surface area contributed by atoms with Gasteiger partial charge in [0, 0.05) is 23.2 Å². The Hall–Kier alpha value is -1.65. The molecular formula is C16H16ClF2NO. The molecule has 1 N–H and O–H groups in total. The third-order valence-electron chi connectivity index (χ3n) is 3.30. The van der Waals surface area contributed by atoms with Crippen LogP contribution in [0.2, 0.25) is 5.02 Å². The van der Waals surface area contributed by atoms with E-state index in [9.17, 15) is 8.78 Å². The molecule has 0 saturated heterocycles. The average molecular weight is 312 g/mol. The number of benzene rings is 2. The maximum atomic E-state index is 14.0. The van der Waals surface area contributed by atoms with E-state index in [0.29, 0.717) is 16.9 Å². The van der Waals surface area contributed by atoms with Gasteiger partial charge in [-0.1, -0.05) is 29.8 Å². The normalized spacial score (nSPS) is 12.2. The second-order valence-corrected chi connectivity index (χ2v) is 5.07. The molecule has 0 spiro atoms. The highest BCUT2D eigenvalue weighted by atomic mass is 35.5. The first-order chi connectivity index (χ1) is 10.0. The van der Waals surface area contributed by atoms with Gasteiger partial charge >= 0.3 is 0 Å². The summed E-state index contributed by atoms with van der Waals surface area (Å²) in [6.07, 6.45) is 0. The first-order valence-electron chi connectivity index (χ1n) is 6.55. The summed E-state index contributed by atoms with van der Waals surface area (Å²) < 4.78 is 32.7. The highest BCUT2D eigenvalue weighted by Crippen LogP contribution is 2.24. The van der Waals surface area contributed by atoms with Crippen LogP contribution in [-0.4, -0.2) is 7.05 Å². The zero-order valence-electron chi connectivity index (χ0n) is 11.8. The van der Waals surface area contributed by atoms with Crippen molar-refractivity contribution in [3.63, 3.8) is 0 Å². The van der Waals surface area contributed by atoms with Crippen LogP contribution in [0.4, 0.5) is 8.78 Å². The minimum Gasteiger partial charge on any atom is -0.489 e. The average Bonchev–Trinajstić information content (AvgIpc) is 2.48. The highest BCUT2D eigenvalue weighted by molar-refractivity contribution is 6.31. The maximum absolute atomic E-state index is 14.0. The number of hydrogen-bond donors (Lipinski definition) is 1. The zero-order chi connectivity index (χ0) is 15.4. The minimum atomic E-state index is -0.498. The molecule has 5 heteroatoms. The molecule has 0 radical (unpaired) electrons. The molecule has 0 fully saturated rings. The molecule has 1 atom stereocenters. The van der Waals surface area contributed by atoms with Crippen LogP contribution in [0, 0.1) is 11.6 Å². The Morgan fingerprint density at radius 2 is 1.95 bits per heavy atom. The molecule has 1 unspecified atom stereocenters. The first kappa shape index (κ1) is 15.7. The summed E-state index contributed by atoms with van der Waals surface area (Å²) in [4.78, 5) is 0. The molecule has 0 aliphatic rings. The quantitative estimate of drug-likeness (QED) is 0.879. The van der Waals surface area contributed by atoms with Crippen molar-refractivity contribution in [2.24, 2.45) is 0 Å². The van der Waals surface area contributed by atoms with Crippen LogP contribution in [0.15, 0.2) is 36.4 Å². The molecule has 2 aromatic carbocycles. The SMILES string of the molecule is CNC(C)c1ccc(OCc2cccc(F)c2Cl)cc1F. The summed E-state index contributed by atoms with van der Waals surface area (Å²) in [6.45, 7) is 1.95. The van der Waals surface area contributed by atoms with Crippen LogP contribution >= 0.6 is 11.6 Å². The number of rotatable bonds is 5. The van der Waals surface area contributed by atoms with E-state index in [-0.39, 0.29) is 23.5 Å². The monoisotopic (exact) mass is 311 g/mol. The van der Waals surface area contributed by atoms with Crippen LogP contribution in [0.3, 0.4) is 0 Å². The Bertz CT molecular complexity index is 634. The summed E-state index contributed by atoms with van der Waals surface area (Å²) in [5.41, 5.74) is 1.08. The van der Waals surface area contributed by atoms with Gasteiger partial charge in [0.1, 0.15) is 24.0 Å². The largest absolute Gasteiger partial charge is 0.489 e. The molecule has 2 aromatic rings. The summed E-state index contributed by atoms with van der Waals surface area (Å²) in [7, 11) is 1.76. The van der Waals surface area contributed by atoms with Crippen molar-refractivity contribution >= 4 is 11.6 Å². The van der Waals surface area contributed by atoms with Crippen LogP contribution in [0.5, 0.6) is 5.75 Å². The topological polar surface area (TPSA) is 21.3 Å². The lowest BCUT2D eigenvalue weighted by Crippen LogP contribution is -2.13. The minimum absolute atomic E-state index is 0.0263. The lowest BCUT2D eigenvalue weighted by atomic mass is 10.1. The molecule has 0 heterocycles. The van der Waals surface area contributed by atoms with Gasteiger partial charge in [-0.2, -0.15) is 0 Å². The second-order valence-electron chi connectivity index (χ2n) is 4.70. The summed E-state index contributed by atoms with van der Waals surface area (Å²) in [5, 5.41) is 3.00. The Morgan fingerprint density at radius 3 is 2.62 bits per heavy atom. The highest BCUT2D eigenvalue weighted by Gasteiger charge is 2.11. The van der Waals surface area contributed by atoms with Gasteiger partial charge in [0.2, 0.25) is 0 Å². The molecule has 0 bridgehead atoms. The van der Waals surface area contributed by atoms with Crippen LogP contribution in [-0.2, 0) is 6.61 Å². The van der Waals surface area contributed by atoms with E-state index in [1.165, 1.54) is 12.1 Å². The lowest BCUT2D eigenvalue weighted by Gasteiger charge is -2.13. The fraction of sp³-hybridized carbons (Fsp3) is 0.250. The molecular weight excluding hydrogens is 296 g/mol. The van der Waals surface area contributed by atoms with Gasteiger partial charge in [-0.3, -0.25) is 0 Å².